The largest absolute Gasteiger partial charge is 0.457 e. The zero-order valence-electron chi connectivity index (χ0n) is 20.9. The summed E-state index contributed by atoms with van der Waals surface area (Å²) in [6.45, 7) is 6.54. The first-order valence-corrected chi connectivity index (χ1v) is 11.1. The minimum Gasteiger partial charge on any atom is -0.457 e. The van der Waals surface area contributed by atoms with Gasteiger partial charge in [0.15, 0.2) is 0 Å². The fourth-order valence-corrected chi connectivity index (χ4v) is 3.04. The van der Waals surface area contributed by atoms with Crippen LogP contribution in [0, 0.1) is 0 Å². The van der Waals surface area contributed by atoms with Crippen LogP contribution in [0.2, 0.25) is 0 Å². The molecule has 3 atom stereocenters. The average Bonchev–Trinajstić information content (AvgIpc) is 3.10. The van der Waals surface area contributed by atoms with Crippen LogP contribution in [0.15, 0.2) is 30.3 Å². The number of nitrogens with zero attached hydrogens (tertiary/aromatic N) is 1. The van der Waals surface area contributed by atoms with E-state index in [0.29, 0.717) is 0 Å². The Labute approximate surface area is 211 Å². The van der Waals surface area contributed by atoms with Crippen molar-refractivity contribution in [1.82, 2.24) is 5.06 Å². The second-order valence-corrected chi connectivity index (χ2v) is 8.81. The quantitative estimate of drug-likeness (QED) is 0.258. The molecule has 13 nitrogen and oxygen atoms in total. The number of carbonyl (C=O) groups excluding carboxylic acids is 7. The zero-order chi connectivity index (χ0) is 27.9. The Morgan fingerprint density at radius 1 is 0.757 bits per heavy atom. The van der Waals surface area contributed by atoms with Gasteiger partial charge in [-0.3, -0.25) is 19.2 Å². The number of benzene rings is 1. The Hall–Kier alpha value is -4.29. The number of esters is 4. The summed E-state index contributed by atoms with van der Waals surface area (Å²) in [4.78, 5) is 90.7. The number of imide groups is 1. The van der Waals surface area contributed by atoms with E-state index in [4.69, 9.17) is 23.8 Å². The maximum atomic E-state index is 13.2. The normalized spacial score (nSPS) is 15.8. The van der Waals surface area contributed by atoms with E-state index in [1.807, 2.05) is 0 Å². The lowest BCUT2D eigenvalue weighted by atomic mass is 10.1. The summed E-state index contributed by atoms with van der Waals surface area (Å²) < 4.78 is 20.4. The highest BCUT2D eigenvalue weighted by molar-refractivity contribution is 6.02. The van der Waals surface area contributed by atoms with Crippen molar-refractivity contribution in [2.75, 3.05) is 0 Å². The van der Waals surface area contributed by atoms with Crippen molar-refractivity contribution in [1.29, 1.82) is 0 Å². The number of hydrogen-bond acceptors (Lipinski definition) is 12. The lowest BCUT2D eigenvalue weighted by Crippen LogP contribution is -2.49. The van der Waals surface area contributed by atoms with Crippen LogP contribution in [-0.2, 0) is 57.3 Å². The van der Waals surface area contributed by atoms with Gasteiger partial charge >= 0.3 is 29.8 Å². The van der Waals surface area contributed by atoms with Crippen LogP contribution in [0.25, 0.3) is 0 Å². The number of amides is 2. The number of hydroxylamine groups is 2. The van der Waals surface area contributed by atoms with E-state index in [1.165, 1.54) is 12.1 Å². The molecule has 1 aliphatic rings. The van der Waals surface area contributed by atoms with Crippen LogP contribution < -0.4 is 0 Å². The molecule has 1 aromatic rings. The van der Waals surface area contributed by atoms with E-state index in [2.05, 4.69) is 0 Å². The molecule has 0 N–H and O–H groups in total. The second kappa shape index (κ2) is 12.1. The average molecular weight is 521 g/mol. The van der Waals surface area contributed by atoms with Crippen LogP contribution in [0.4, 0.5) is 0 Å². The van der Waals surface area contributed by atoms with Gasteiger partial charge in [-0.2, -0.15) is 0 Å². The smallest absolute Gasteiger partial charge is 0.377 e. The van der Waals surface area contributed by atoms with Crippen molar-refractivity contribution in [2.24, 2.45) is 0 Å². The molecule has 1 aliphatic heterocycles. The highest BCUT2D eigenvalue weighted by Crippen LogP contribution is 2.25. The number of hydrogen-bond donors (Lipinski definition) is 0. The molecule has 2 amide bonds. The van der Waals surface area contributed by atoms with Gasteiger partial charge in [0.05, 0.1) is 0 Å². The third kappa shape index (κ3) is 8.40. The topological polar surface area (TPSA) is 169 Å². The van der Waals surface area contributed by atoms with E-state index >= 15 is 0 Å². The Morgan fingerprint density at radius 2 is 1.24 bits per heavy atom. The van der Waals surface area contributed by atoms with Crippen molar-refractivity contribution in [3.05, 3.63) is 35.9 Å². The second-order valence-electron chi connectivity index (χ2n) is 8.81. The molecule has 0 aromatic heterocycles. The summed E-state index contributed by atoms with van der Waals surface area (Å²) in [5.41, 5.74) is -0.781. The summed E-state index contributed by atoms with van der Waals surface area (Å²) in [6.07, 6.45) is -6.68. The van der Waals surface area contributed by atoms with Gasteiger partial charge in [0.2, 0.25) is 18.3 Å². The highest BCUT2D eigenvalue weighted by Gasteiger charge is 2.46. The predicted molar refractivity (Wildman–Crippen MR) is 119 cm³/mol. The number of rotatable bonds is 9. The molecule has 200 valence electrons. The van der Waals surface area contributed by atoms with Gasteiger partial charge in [-0.1, -0.05) is 30.3 Å². The fraction of sp³-hybridized carbons (Fsp3) is 0.458. The lowest BCUT2D eigenvalue weighted by molar-refractivity contribution is -0.215. The van der Waals surface area contributed by atoms with E-state index < -0.39 is 65.6 Å². The molecular weight excluding hydrogens is 494 g/mol. The Bertz CT molecular complexity index is 1060. The molecule has 1 fully saturated rings. The predicted octanol–water partition coefficient (Wildman–Crippen LogP) is 1.08. The first-order chi connectivity index (χ1) is 17.2. The highest BCUT2D eigenvalue weighted by atomic mass is 16.7. The summed E-state index contributed by atoms with van der Waals surface area (Å²) in [6, 6.07) is 7.70. The van der Waals surface area contributed by atoms with Crippen molar-refractivity contribution >= 4 is 41.7 Å². The molecule has 2 rings (SSSR count). The minimum absolute atomic E-state index is 0.155. The Kier molecular flexibility index (Phi) is 9.47. The molecule has 1 unspecified atom stereocenters. The van der Waals surface area contributed by atoms with Crippen LogP contribution >= 0.6 is 0 Å². The summed E-state index contributed by atoms with van der Waals surface area (Å²) in [5.74, 6) is -7.91. The maximum Gasteiger partial charge on any atom is 0.377 e. The van der Waals surface area contributed by atoms with Gasteiger partial charge in [-0.15, -0.1) is 5.06 Å². The minimum atomic E-state index is -2.29. The Balaban J connectivity index is 2.40. The molecule has 0 saturated carbocycles. The van der Waals surface area contributed by atoms with Crippen LogP contribution in [0.5, 0.6) is 0 Å². The van der Waals surface area contributed by atoms with Crippen molar-refractivity contribution in [3.63, 3.8) is 0 Å². The first-order valence-electron chi connectivity index (χ1n) is 11.1. The van der Waals surface area contributed by atoms with Crippen LogP contribution in [0.1, 0.15) is 59.1 Å². The van der Waals surface area contributed by atoms with Crippen molar-refractivity contribution in [2.45, 2.75) is 71.4 Å². The van der Waals surface area contributed by atoms with E-state index in [9.17, 15) is 33.6 Å². The van der Waals surface area contributed by atoms with Crippen LogP contribution in [0.3, 0.4) is 0 Å². The lowest BCUT2D eigenvalue weighted by Gasteiger charge is -2.27. The molecule has 0 spiro atoms. The molecule has 1 saturated heterocycles. The van der Waals surface area contributed by atoms with Crippen molar-refractivity contribution in [3.8, 4) is 0 Å². The number of carbonyl (C=O) groups is 7. The number of ether oxygens (including phenoxy) is 4. The molecular formula is C24H27NO12. The van der Waals surface area contributed by atoms with E-state index in [-0.39, 0.29) is 23.5 Å². The van der Waals surface area contributed by atoms with Gasteiger partial charge in [0.1, 0.15) is 5.60 Å². The zero-order valence-corrected chi connectivity index (χ0v) is 20.9. The standard InChI is InChI=1S/C24H27NO12/c1-13(26)33-19(20(34-14(2)27)23(32)37-25-16(28)11-12-17(25)29)21(30)35-18(15-9-7-6-8-10-15)22(31)36-24(3,4)5/h6-10,18-20H,11-12H2,1-5H3/t18?,19-,20-/m1/s1. The monoisotopic (exact) mass is 521 g/mol. The summed E-state index contributed by atoms with van der Waals surface area (Å²) >= 11 is 0. The van der Waals surface area contributed by atoms with E-state index in [1.54, 1.807) is 39.0 Å². The fourth-order valence-electron chi connectivity index (χ4n) is 3.04. The van der Waals surface area contributed by atoms with Gasteiger partial charge in [-0.05, 0) is 20.8 Å². The first kappa shape index (κ1) is 28.9. The van der Waals surface area contributed by atoms with E-state index in [0.717, 1.165) is 13.8 Å². The SMILES string of the molecule is CC(=O)O[C@@H](C(=O)OC(C(=O)OC(C)(C)C)c1ccccc1)[C@@H](OC(C)=O)C(=O)ON1C(=O)CCC1=O. The van der Waals surface area contributed by atoms with Crippen LogP contribution in [-0.4, -0.2) is 64.5 Å². The molecule has 1 heterocycles. The third-order valence-corrected chi connectivity index (χ3v) is 4.47. The summed E-state index contributed by atoms with van der Waals surface area (Å²) in [5, 5.41) is 0.155. The summed E-state index contributed by atoms with van der Waals surface area (Å²) in [7, 11) is 0. The van der Waals surface area contributed by atoms with Gasteiger partial charge < -0.3 is 23.8 Å². The molecule has 1 aromatic carbocycles. The van der Waals surface area contributed by atoms with Gasteiger partial charge in [-0.25, -0.2) is 14.4 Å². The molecule has 0 radical (unpaired) electrons. The maximum absolute atomic E-state index is 13.2. The molecule has 37 heavy (non-hydrogen) atoms. The Morgan fingerprint density at radius 3 is 1.70 bits per heavy atom. The van der Waals surface area contributed by atoms with Crippen molar-refractivity contribution < 1.29 is 57.3 Å². The molecule has 0 aliphatic carbocycles. The van der Waals surface area contributed by atoms with Gasteiger partial charge in [0, 0.05) is 32.3 Å². The molecule has 0 bridgehead atoms. The third-order valence-electron chi connectivity index (χ3n) is 4.47. The molecule has 13 heteroatoms. The van der Waals surface area contributed by atoms with Gasteiger partial charge in [0.25, 0.3) is 11.8 Å².